The van der Waals surface area contributed by atoms with Crippen molar-refractivity contribution in [3.05, 3.63) is 0 Å². The second-order valence-electron chi connectivity index (χ2n) is 4.38. The Bertz CT molecular complexity index is 242. The van der Waals surface area contributed by atoms with Crippen LogP contribution in [0.15, 0.2) is 0 Å². The van der Waals surface area contributed by atoms with Gasteiger partial charge in [0.15, 0.2) is 0 Å². The van der Waals surface area contributed by atoms with Crippen LogP contribution in [0.25, 0.3) is 0 Å². The molecule has 1 nitrogen and oxygen atoms in total. The Balaban J connectivity index is 1.84. The third kappa shape index (κ3) is 2.27. The molecule has 2 aliphatic rings. The molecule has 1 heterocycles. The second-order valence-corrected chi connectivity index (χ2v) is 5.41. The highest BCUT2D eigenvalue weighted by Crippen LogP contribution is 2.42. The predicted molar refractivity (Wildman–Crippen MR) is 52.7 cm³/mol. The van der Waals surface area contributed by atoms with Crippen LogP contribution in [-0.2, 0) is 4.79 Å². The molecule has 0 amide bonds. The van der Waals surface area contributed by atoms with Crippen molar-refractivity contribution in [3.8, 4) is 0 Å². The highest BCUT2D eigenvalue weighted by molar-refractivity contribution is 8.00. The molecule has 80 valence electrons. The van der Waals surface area contributed by atoms with Crippen LogP contribution in [0.1, 0.15) is 25.7 Å². The van der Waals surface area contributed by atoms with Gasteiger partial charge in [0, 0.05) is 24.5 Å². The van der Waals surface area contributed by atoms with Gasteiger partial charge in [0.25, 0.3) is 0 Å². The minimum absolute atomic E-state index is 0.00144. The van der Waals surface area contributed by atoms with Gasteiger partial charge in [-0.3, -0.25) is 4.79 Å². The maximum Gasteiger partial charge on any atom is 0.248 e. The van der Waals surface area contributed by atoms with Crippen molar-refractivity contribution in [2.75, 3.05) is 11.5 Å². The normalized spacial score (nSPS) is 36.6. The minimum Gasteiger partial charge on any atom is -0.298 e. The molecule has 2 rings (SSSR count). The summed E-state index contributed by atoms with van der Waals surface area (Å²) in [5.74, 6) is -0.601. The van der Waals surface area contributed by atoms with Crippen LogP contribution in [0.3, 0.4) is 0 Å². The molecule has 0 radical (unpaired) electrons. The molecule has 14 heavy (non-hydrogen) atoms. The molecule has 0 aromatic heterocycles. The summed E-state index contributed by atoms with van der Waals surface area (Å²) in [5.41, 5.74) is 0. The van der Waals surface area contributed by atoms with Crippen molar-refractivity contribution in [1.29, 1.82) is 0 Å². The van der Waals surface area contributed by atoms with Crippen LogP contribution >= 0.6 is 11.8 Å². The average Bonchev–Trinajstić information content (AvgIpc) is 2.61. The first-order chi connectivity index (χ1) is 6.57. The van der Waals surface area contributed by atoms with E-state index in [2.05, 4.69) is 0 Å². The number of thioether (sulfide) groups is 1. The molecule has 4 heteroatoms. The first kappa shape index (κ1) is 10.4. The SMILES string of the molecule is O=C1CSCC1CC1CCC(F)(F)C1. The molecule has 2 fully saturated rings. The Morgan fingerprint density at radius 2 is 2.29 bits per heavy atom. The maximum atomic E-state index is 12.9. The fourth-order valence-corrected chi connectivity index (χ4v) is 3.52. The Kier molecular flexibility index (Phi) is 2.82. The number of hydrogen-bond acceptors (Lipinski definition) is 2. The van der Waals surface area contributed by atoms with Gasteiger partial charge < -0.3 is 0 Å². The number of hydrogen-bond donors (Lipinski definition) is 0. The van der Waals surface area contributed by atoms with E-state index >= 15 is 0 Å². The van der Waals surface area contributed by atoms with E-state index in [1.54, 1.807) is 11.8 Å². The summed E-state index contributed by atoms with van der Waals surface area (Å²) < 4.78 is 25.8. The van der Waals surface area contributed by atoms with Crippen LogP contribution in [0, 0.1) is 11.8 Å². The monoisotopic (exact) mass is 220 g/mol. The fraction of sp³-hybridized carbons (Fsp3) is 0.900. The van der Waals surface area contributed by atoms with E-state index in [1.807, 2.05) is 0 Å². The Morgan fingerprint density at radius 3 is 2.79 bits per heavy atom. The predicted octanol–water partition coefficient (Wildman–Crippen LogP) is 2.74. The smallest absolute Gasteiger partial charge is 0.248 e. The van der Waals surface area contributed by atoms with Crippen LogP contribution in [0.2, 0.25) is 0 Å². The van der Waals surface area contributed by atoms with Gasteiger partial charge in [-0.15, -0.1) is 0 Å². The Hall–Kier alpha value is -0.120. The highest BCUT2D eigenvalue weighted by Gasteiger charge is 2.41. The van der Waals surface area contributed by atoms with E-state index in [-0.39, 0.29) is 30.5 Å². The van der Waals surface area contributed by atoms with Gasteiger partial charge in [0.1, 0.15) is 5.78 Å². The fourth-order valence-electron chi connectivity index (χ4n) is 2.36. The third-order valence-electron chi connectivity index (χ3n) is 3.14. The number of carbonyl (C=O) groups is 1. The second kappa shape index (κ2) is 3.80. The number of Topliss-reactive ketones (excluding diaryl/α,β-unsaturated/α-hetero) is 1. The zero-order valence-electron chi connectivity index (χ0n) is 7.97. The lowest BCUT2D eigenvalue weighted by Crippen LogP contribution is -2.16. The molecule has 1 saturated heterocycles. The first-order valence-corrected chi connectivity index (χ1v) is 6.20. The Labute approximate surface area is 86.6 Å². The molecule has 0 aromatic carbocycles. The van der Waals surface area contributed by atoms with E-state index in [1.165, 1.54) is 0 Å². The molecule has 2 unspecified atom stereocenters. The van der Waals surface area contributed by atoms with Gasteiger partial charge in [0.05, 0.1) is 5.75 Å². The molecule has 0 bridgehead atoms. The van der Waals surface area contributed by atoms with Gasteiger partial charge in [-0.2, -0.15) is 11.8 Å². The zero-order chi connectivity index (χ0) is 10.2. The van der Waals surface area contributed by atoms with Gasteiger partial charge in [-0.05, 0) is 18.8 Å². The van der Waals surface area contributed by atoms with Crippen molar-refractivity contribution in [3.63, 3.8) is 0 Å². The van der Waals surface area contributed by atoms with Crippen molar-refractivity contribution < 1.29 is 13.6 Å². The number of carbonyl (C=O) groups excluding carboxylic acids is 1. The molecule has 2 atom stereocenters. The summed E-state index contributed by atoms with van der Waals surface area (Å²) in [7, 11) is 0. The van der Waals surface area contributed by atoms with Crippen LogP contribution in [0.5, 0.6) is 0 Å². The molecule has 1 saturated carbocycles. The topological polar surface area (TPSA) is 17.1 Å². The van der Waals surface area contributed by atoms with Crippen molar-refractivity contribution in [1.82, 2.24) is 0 Å². The van der Waals surface area contributed by atoms with Gasteiger partial charge in [0.2, 0.25) is 5.92 Å². The molecule has 0 spiro atoms. The van der Waals surface area contributed by atoms with E-state index in [4.69, 9.17) is 0 Å². The number of alkyl halides is 2. The first-order valence-electron chi connectivity index (χ1n) is 5.05. The van der Waals surface area contributed by atoms with E-state index in [0.717, 1.165) is 5.75 Å². The third-order valence-corrected chi connectivity index (χ3v) is 4.27. The molecule has 1 aliphatic carbocycles. The van der Waals surface area contributed by atoms with E-state index < -0.39 is 5.92 Å². The Morgan fingerprint density at radius 1 is 1.50 bits per heavy atom. The van der Waals surface area contributed by atoms with E-state index in [0.29, 0.717) is 18.6 Å². The van der Waals surface area contributed by atoms with Crippen molar-refractivity contribution in [2.45, 2.75) is 31.6 Å². The lowest BCUT2D eigenvalue weighted by Gasteiger charge is -2.13. The highest BCUT2D eigenvalue weighted by atomic mass is 32.2. The lowest BCUT2D eigenvalue weighted by molar-refractivity contribution is -0.119. The molecular weight excluding hydrogens is 206 g/mol. The summed E-state index contributed by atoms with van der Waals surface area (Å²) >= 11 is 1.64. The lowest BCUT2D eigenvalue weighted by atomic mass is 9.92. The number of halogens is 2. The number of rotatable bonds is 2. The molecule has 1 aliphatic heterocycles. The largest absolute Gasteiger partial charge is 0.298 e. The van der Waals surface area contributed by atoms with Gasteiger partial charge >= 0.3 is 0 Å². The summed E-state index contributed by atoms with van der Waals surface area (Å²) in [6.45, 7) is 0. The van der Waals surface area contributed by atoms with E-state index in [9.17, 15) is 13.6 Å². The standard InChI is InChI=1S/C10H14F2OS/c11-10(12)2-1-7(4-10)3-8-5-14-6-9(8)13/h7-8H,1-6H2. The summed E-state index contributed by atoms with van der Waals surface area (Å²) in [6.07, 6.45) is 1.32. The van der Waals surface area contributed by atoms with Crippen LogP contribution in [-0.4, -0.2) is 23.2 Å². The molecular formula is C10H14F2OS. The molecule has 0 N–H and O–H groups in total. The van der Waals surface area contributed by atoms with Crippen LogP contribution in [0.4, 0.5) is 8.78 Å². The maximum absolute atomic E-state index is 12.9. The number of ketones is 1. The van der Waals surface area contributed by atoms with Gasteiger partial charge in [-0.1, -0.05) is 0 Å². The van der Waals surface area contributed by atoms with Crippen molar-refractivity contribution >= 4 is 17.5 Å². The van der Waals surface area contributed by atoms with Crippen molar-refractivity contribution in [2.24, 2.45) is 11.8 Å². The van der Waals surface area contributed by atoms with Gasteiger partial charge in [-0.25, -0.2) is 8.78 Å². The quantitative estimate of drug-likeness (QED) is 0.711. The molecule has 0 aromatic rings. The summed E-state index contributed by atoms with van der Waals surface area (Å²) in [6, 6.07) is 0. The summed E-state index contributed by atoms with van der Waals surface area (Å²) in [4.78, 5) is 11.3. The van der Waals surface area contributed by atoms with Crippen LogP contribution < -0.4 is 0 Å². The zero-order valence-corrected chi connectivity index (χ0v) is 8.79. The average molecular weight is 220 g/mol. The summed E-state index contributed by atoms with van der Waals surface area (Å²) in [5, 5.41) is 0. The minimum atomic E-state index is -2.46.